The van der Waals surface area contributed by atoms with Gasteiger partial charge in [0.1, 0.15) is 5.75 Å². The SMILES string of the molecule is CCCCCCOc1cccc(NCCNCc2ccccc2)c1. The van der Waals surface area contributed by atoms with Crippen LogP contribution in [0.1, 0.15) is 38.2 Å². The molecule has 0 radical (unpaired) electrons. The lowest BCUT2D eigenvalue weighted by Gasteiger charge is -2.10. The van der Waals surface area contributed by atoms with Crippen molar-refractivity contribution in [2.24, 2.45) is 0 Å². The number of hydrogen-bond donors (Lipinski definition) is 2. The molecule has 24 heavy (non-hydrogen) atoms. The minimum Gasteiger partial charge on any atom is -0.494 e. The van der Waals surface area contributed by atoms with Gasteiger partial charge in [-0.15, -0.1) is 0 Å². The predicted octanol–water partition coefficient (Wildman–Crippen LogP) is 4.85. The third-order valence-electron chi connectivity index (χ3n) is 3.90. The van der Waals surface area contributed by atoms with Crippen molar-refractivity contribution >= 4 is 5.69 Å². The second-order valence-corrected chi connectivity index (χ2v) is 6.03. The molecule has 0 bridgehead atoms. The van der Waals surface area contributed by atoms with Crippen LogP contribution in [0.4, 0.5) is 5.69 Å². The topological polar surface area (TPSA) is 33.3 Å². The van der Waals surface area contributed by atoms with Crippen molar-refractivity contribution in [2.75, 3.05) is 25.0 Å². The van der Waals surface area contributed by atoms with Gasteiger partial charge in [-0.1, -0.05) is 62.6 Å². The van der Waals surface area contributed by atoms with E-state index in [-0.39, 0.29) is 0 Å². The van der Waals surface area contributed by atoms with Gasteiger partial charge in [0.2, 0.25) is 0 Å². The standard InChI is InChI=1S/C21H30N2O/c1-2-3-4-8-16-24-21-13-9-12-20(17-21)23-15-14-22-18-19-10-6-5-7-11-19/h5-7,9-13,17,22-23H,2-4,8,14-16,18H2,1H3. The van der Waals surface area contributed by atoms with Gasteiger partial charge in [0.05, 0.1) is 6.61 Å². The summed E-state index contributed by atoms with van der Waals surface area (Å²) in [7, 11) is 0. The van der Waals surface area contributed by atoms with E-state index in [9.17, 15) is 0 Å². The van der Waals surface area contributed by atoms with Crippen molar-refractivity contribution in [3.8, 4) is 5.75 Å². The normalized spacial score (nSPS) is 10.5. The third kappa shape index (κ3) is 7.51. The van der Waals surface area contributed by atoms with E-state index in [1.807, 2.05) is 18.2 Å². The van der Waals surface area contributed by atoms with Crippen LogP contribution in [-0.2, 0) is 6.54 Å². The number of anilines is 1. The number of rotatable bonds is 12. The van der Waals surface area contributed by atoms with Crippen LogP contribution in [0.5, 0.6) is 5.75 Å². The van der Waals surface area contributed by atoms with Crippen LogP contribution >= 0.6 is 0 Å². The Morgan fingerprint density at radius 1 is 0.875 bits per heavy atom. The third-order valence-corrected chi connectivity index (χ3v) is 3.90. The molecule has 2 aromatic rings. The fourth-order valence-corrected chi connectivity index (χ4v) is 2.54. The van der Waals surface area contributed by atoms with Gasteiger partial charge >= 0.3 is 0 Å². The minimum atomic E-state index is 0.808. The Bertz CT molecular complexity index is 557. The first-order valence-electron chi connectivity index (χ1n) is 9.10. The summed E-state index contributed by atoms with van der Waals surface area (Å²) in [5.74, 6) is 0.953. The molecular formula is C21H30N2O. The van der Waals surface area contributed by atoms with Gasteiger partial charge in [0.15, 0.2) is 0 Å². The van der Waals surface area contributed by atoms with Crippen LogP contribution in [-0.4, -0.2) is 19.7 Å². The molecule has 0 aromatic heterocycles. The van der Waals surface area contributed by atoms with Gasteiger partial charge < -0.3 is 15.4 Å². The Kier molecular flexibility index (Phi) is 8.81. The van der Waals surface area contributed by atoms with Gasteiger partial charge in [0, 0.05) is 31.4 Å². The lowest BCUT2D eigenvalue weighted by Crippen LogP contribution is -2.21. The fourth-order valence-electron chi connectivity index (χ4n) is 2.54. The molecule has 0 heterocycles. The maximum absolute atomic E-state index is 5.82. The average molecular weight is 326 g/mol. The van der Waals surface area contributed by atoms with Crippen LogP contribution in [0, 0.1) is 0 Å². The highest BCUT2D eigenvalue weighted by Crippen LogP contribution is 2.17. The Morgan fingerprint density at radius 3 is 2.58 bits per heavy atom. The van der Waals surface area contributed by atoms with Gasteiger partial charge in [-0.05, 0) is 24.1 Å². The Morgan fingerprint density at radius 2 is 1.75 bits per heavy atom. The van der Waals surface area contributed by atoms with Crippen molar-refractivity contribution in [3.05, 3.63) is 60.2 Å². The van der Waals surface area contributed by atoms with Crippen LogP contribution in [0.3, 0.4) is 0 Å². The Balaban J connectivity index is 1.61. The molecule has 0 saturated carbocycles. The Hall–Kier alpha value is -2.00. The molecular weight excluding hydrogens is 296 g/mol. The largest absolute Gasteiger partial charge is 0.494 e. The monoisotopic (exact) mass is 326 g/mol. The molecule has 0 aliphatic carbocycles. The second kappa shape index (κ2) is 11.5. The maximum atomic E-state index is 5.82. The zero-order valence-electron chi connectivity index (χ0n) is 14.8. The fraction of sp³-hybridized carbons (Fsp3) is 0.429. The van der Waals surface area contributed by atoms with Crippen molar-refractivity contribution in [3.63, 3.8) is 0 Å². The molecule has 130 valence electrons. The molecule has 0 aliphatic heterocycles. The summed E-state index contributed by atoms with van der Waals surface area (Å²) in [6.45, 7) is 5.76. The quantitative estimate of drug-likeness (QED) is 0.547. The first-order valence-corrected chi connectivity index (χ1v) is 9.10. The first-order chi connectivity index (χ1) is 11.9. The van der Waals surface area contributed by atoms with E-state index in [0.717, 1.165) is 44.1 Å². The van der Waals surface area contributed by atoms with Crippen molar-refractivity contribution in [1.29, 1.82) is 0 Å². The highest BCUT2D eigenvalue weighted by atomic mass is 16.5. The molecule has 0 unspecified atom stereocenters. The Labute approximate surface area is 146 Å². The highest BCUT2D eigenvalue weighted by molar-refractivity contribution is 5.48. The maximum Gasteiger partial charge on any atom is 0.121 e. The van der Waals surface area contributed by atoms with Gasteiger partial charge in [-0.2, -0.15) is 0 Å². The second-order valence-electron chi connectivity index (χ2n) is 6.03. The van der Waals surface area contributed by atoms with Crippen LogP contribution in [0.25, 0.3) is 0 Å². The lowest BCUT2D eigenvalue weighted by molar-refractivity contribution is 0.305. The first kappa shape index (κ1) is 18.3. The van der Waals surface area contributed by atoms with E-state index in [2.05, 4.69) is 54.0 Å². The number of unbranched alkanes of at least 4 members (excludes halogenated alkanes) is 3. The number of nitrogens with one attached hydrogen (secondary N) is 2. The van der Waals surface area contributed by atoms with E-state index >= 15 is 0 Å². The summed E-state index contributed by atoms with van der Waals surface area (Å²) in [6, 6.07) is 18.7. The molecule has 3 nitrogen and oxygen atoms in total. The molecule has 3 heteroatoms. The van der Waals surface area contributed by atoms with E-state index in [1.54, 1.807) is 0 Å². The average Bonchev–Trinajstić information content (AvgIpc) is 2.62. The van der Waals surface area contributed by atoms with E-state index in [1.165, 1.54) is 24.8 Å². The van der Waals surface area contributed by atoms with E-state index in [0.29, 0.717) is 0 Å². The zero-order valence-corrected chi connectivity index (χ0v) is 14.8. The summed E-state index contributed by atoms with van der Waals surface area (Å²) < 4.78 is 5.82. The smallest absolute Gasteiger partial charge is 0.121 e. The summed E-state index contributed by atoms with van der Waals surface area (Å²) in [5, 5.41) is 6.89. The molecule has 0 fully saturated rings. The summed E-state index contributed by atoms with van der Waals surface area (Å²) >= 11 is 0. The van der Waals surface area contributed by atoms with Crippen molar-refractivity contribution < 1.29 is 4.74 Å². The summed E-state index contributed by atoms with van der Waals surface area (Å²) in [5.41, 5.74) is 2.43. The van der Waals surface area contributed by atoms with Gasteiger partial charge in [0.25, 0.3) is 0 Å². The molecule has 0 spiro atoms. The van der Waals surface area contributed by atoms with Gasteiger partial charge in [-0.25, -0.2) is 0 Å². The van der Waals surface area contributed by atoms with E-state index in [4.69, 9.17) is 4.74 Å². The summed E-state index contributed by atoms with van der Waals surface area (Å²) in [6.07, 6.45) is 4.94. The molecule has 0 aliphatic rings. The molecule has 0 saturated heterocycles. The predicted molar refractivity (Wildman–Crippen MR) is 103 cm³/mol. The lowest BCUT2D eigenvalue weighted by atomic mass is 10.2. The molecule has 0 amide bonds. The highest BCUT2D eigenvalue weighted by Gasteiger charge is 1.97. The van der Waals surface area contributed by atoms with Crippen LogP contribution < -0.4 is 15.4 Å². The number of ether oxygens (including phenoxy) is 1. The van der Waals surface area contributed by atoms with Crippen molar-refractivity contribution in [1.82, 2.24) is 5.32 Å². The zero-order chi connectivity index (χ0) is 16.9. The molecule has 2 aromatic carbocycles. The molecule has 0 atom stereocenters. The van der Waals surface area contributed by atoms with Crippen LogP contribution in [0.2, 0.25) is 0 Å². The van der Waals surface area contributed by atoms with E-state index < -0.39 is 0 Å². The molecule has 2 rings (SSSR count). The van der Waals surface area contributed by atoms with Gasteiger partial charge in [-0.3, -0.25) is 0 Å². The minimum absolute atomic E-state index is 0.808. The van der Waals surface area contributed by atoms with Crippen LogP contribution in [0.15, 0.2) is 54.6 Å². The molecule has 2 N–H and O–H groups in total. The summed E-state index contributed by atoms with van der Waals surface area (Å²) in [4.78, 5) is 0. The number of benzene rings is 2. The number of hydrogen-bond acceptors (Lipinski definition) is 3. The van der Waals surface area contributed by atoms with Crippen molar-refractivity contribution in [2.45, 2.75) is 39.2 Å².